The first-order valence-corrected chi connectivity index (χ1v) is 10.1. The lowest BCUT2D eigenvalue weighted by atomic mass is 10.1. The van der Waals surface area contributed by atoms with Gasteiger partial charge in [0.25, 0.3) is 0 Å². The number of aryl methyl sites for hydroxylation is 1. The molecule has 1 aliphatic heterocycles. The Morgan fingerprint density at radius 1 is 0.844 bits per heavy atom. The first kappa shape index (κ1) is 21.3. The van der Waals surface area contributed by atoms with Crippen LogP contribution in [0.25, 0.3) is 6.08 Å². The van der Waals surface area contributed by atoms with E-state index >= 15 is 0 Å². The van der Waals surface area contributed by atoms with Crippen molar-refractivity contribution in [3.8, 4) is 28.7 Å². The first-order valence-electron chi connectivity index (χ1n) is 10.1. The van der Waals surface area contributed by atoms with Crippen LogP contribution in [0.15, 0.2) is 60.4 Å². The Balaban J connectivity index is 1.56. The van der Waals surface area contributed by atoms with Gasteiger partial charge in [-0.2, -0.15) is 0 Å². The molecular weight excluding hydrogens is 408 g/mol. The Hall–Kier alpha value is -3.93. The van der Waals surface area contributed by atoms with Gasteiger partial charge in [-0.3, -0.25) is 4.79 Å². The number of benzene rings is 3. The average Bonchev–Trinajstić information content (AvgIpc) is 3.12. The second-order valence-corrected chi connectivity index (χ2v) is 7.32. The summed E-state index contributed by atoms with van der Waals surface area (Å²) in [7, 11) is 4.65. The van der Waals surface area contributed by atoms with Crippen molar-refractivity contribution in [3.63, 3.8) is 0 Å². The molecule has 0 bridgehead atoms. The topological polar surface area (TPSA) is 63.2 Å². The third kappa shape index (κ3) is 4.25. The number of carbonyl (C=O) groups is 1. The normalized spacial score (nSPS) is 13.5. The fraction of sp³-hybridized carbons (Fsp3) is 0.192. The van der Waals surface area contributed by atoms with Gasteiger partial charge in [0, 0.05) is 17.7 Å². The van der Waals surface area contributed by atoms with Crippen LogP contribution in [0.1, 0.15) is 27.0 Å². The zero-order valence-corrected chi connectivity index (χ0v) is 18.4. The van der Waals surface area contributed by atoms with Crippen molar-refractivity contribution in [1.29, 1.82) is 0 Å². The van der Waals surface area contributed by atoms with Crippen LogP contribution in [0.4, 0.5) is 0 Å². The van der Waals surface area contributed by atoms with Crippen molar-refractivity contribution in [2.45, 2.75) is 13.5 Å². The maximum Gasteiger partial charge on any atom is 0.231 e. The molecule has 0 unspecified atom stereocenters. The van der Waals surface area contributed by atoms with E-state index in [0.717, 1.165) is 5.56 Å². The third-order valence-electron chi connectivity index (χ3n) is 5.19. The summed E-state index contributed by atoms with van der Waals surface area (Å²) in [5.74, 6) is 2.66. The minimum absolute atomic E-state index is 0.196. The summed E-state index contributed by atoms with van der Waals surface area (Å²) in [4.78, 5) is 12.9. The van der Waals surface area contributed by atoms with Crippen LogP contribution in [-0.4, -0.2) is 27.1 Å². The highest BCUT2D eigenvalue weighted by molar-refractivity contribution is 6.14. The van der Waals surface area contributed by atoms with E-state index in [4.69, 9.17) is 23.7 Å². The fourth-order valence-electron chi connectivity index (χ4n) is 3.41. The van der Waals surface area contributed by atoms with Crippen molar-refractivity contribution in [1.82, 2.24) is 0 Å². The third-order valence-corrected chi connectivity index (χ3v) is 5.19. The van der Waals surface area contributed by atoms with Crippen molar-refractivity contribution in [3.05, 3.63) is 82.6 Å². The van der Waals surface area contributed by atoms with E-state index in [1.54, 1.807) is 57.7 Å². The smallest absolute Gasteiger partial charge is 0.231 e. The van der Waals surface area contributed by atoms with Crippen molar-refractivity contribution in [2.75, 3.05) is 21.3 Å². The number of hydrogen-bond acceptors (Lipinski definition) is 6. The summed E-state index contributed by atoms with van der Waals surface area (Å²) in [6.07, 6.45) is 1.63. The van der Waals surface area contributed by atoms with E-state index in [9.17, 15) is 4.79 Å². The van der Waals surface area contributed by atoms with Gasteiger partial charge in [-0.15, -0.1) is 0 Å². The summed E-state index contributed by atoms with van der Waals surface area (Å²) >= 11 is 0. The van der Waals surface area contributed by atoms with E-state index < -0.39 is 0 Å². The number of rotatable bonds is 7. The van der Waals surface area contributed by atoms with Crippen molar-refractivity contribution < 1.29 is 28.5 Å². The number of hydrogen-bond donors (Lipinski definition) is 0. The van der Waals surface area contributed by atoms with Gasteiger partial charge in [-0.05, 0) is 36.8 Å². The first-order chi connectivity index (χ1) is 15.5. The predicted octanol–water partition coefficient (Wildman–Crippen LogP) is 5.22. The van der Waals surface area contributed by atoms with Crippen LogP contribution in [0, 0.1) is 6.92 Å². The number of allylic oxidation sites excluding steroid dienone is 1. The molecule has 3 aromatic rings. The molecule has 1 aliphatic rings. The summed E-state index contributed by atoms with van der Waals surface area (Å²) in [5, 5.41) is 0. The van der Waals surface area contributed by atoms with Crippen molar-refractivity contribution in [2.24, 2.45) is 0 Å². The van der Waals surface area contributed by atoms with Crippen LogP contribution in [0.5, 0.6) is 28.7 Å². The number of Topliss-reactive ketones (excluding diaryl/α,β-unsaturated/α-hetero) is 1. The van der Waals surface area contributed by atoms with E-state index in [2.05, 4.69) is 0 Å². The molecule has 0 spiro atoms. The minimum Gasteiger partial charge on any atom is -0.496 e. The Bertz CT molecular complexity index is 1180. The number of methoxy groups -OCH3 is 3. The lowest BCUT2D eigenvalue weighted by molar-refractivity contribution is 0.101. The quantitative estimate of drug-likeness (QED) is 0.477. The van der Waals surface area contributed by atoms with Crippen molar-refractivity contribution >= 4 is 11.9 Å². The van der Waals surface area contributed by atoms with Crippen LogP contribution in [-0.2, 0) is 6.61 Å². The maximum absolute atomic E-state index is 12.9. The second kappa shape index (κ2) is 9.06. The van der Waals surface area contributed by atoms with Crippen LogP contribution in [0.2, 0.25) is 0 Å². The Morgan fingerprint density at radius 2 is 1.53 bits per heavy atom. The molecule has 0 fully saturated rings. The fourth-order valence-corrected chi connectivity index (χ4v) is 3.41. The molecule has 164 valence electrons. The number of fused-ring (bicyclic) bond motifs is 1. The largest absolute Gasteiger partial charge is 0.496 e. The van der Waals surface area contributed by atoms with Gasteiger partial charge in [0.1, 0.15) is 23.9 Å². The minimum atomic E-state index is -0.207. The van der Waals surface area contributed by atoms with Gasteiger partial charge >= 0.3 is 0 Å². The summed E-state index contributed by atoms with van der Waals surface area (Å²) < 4.78 is 27.9. The zero-order valence-electron chi connectivity index (χ0n) is 18.4. The molecule has 0 aliphatic carbocycles. The number of ketones is 1. The van der Waals surface area contributed by atoms with Gasteiger partial charge < -0.3 is 23.7 Å². The highest BCUT2D eigenvalue weighted by Gasteiger charge is 2.28. The summed E-state index contributed by atoms with van der Waals surface area (Å²) in [5.41, 5.74) is 3.38. The highest BCUT2D eigenvalue weighted by atomic mass is 16.5. The molecule has 6 nitrogen and oxygen atoms in total. The molecule has 4 rings (SSSR count). The molecule has 0 amide bonds. The Kier molecular flexibility index (Phi) is 6.03. The van der Waals surface area contributed by atoms with Crippen LogP contribution < -0.4 is 23.7 Å². The molecule has 3 aromatic carbocycles. The Labute approximate surface area is 186 Å². The molecule has 1 heterocycles. The number of carbonyl (C=O) groups excluding carboxylic acids is 1. The molecule has 32 heavy (non-hydrogen) atoms. The summed E-state index contributed by atoms with van der Waals surface area (Å²) in [6, 6.07) is 16.8. The van der Waals surface area contributed by atoms with Crippen LogP contribution >= 0.6 is 0 Å². The lowest BCUT2D eigenvalue weighted by Crippen LogP contribution is -2.00. The maximum atomic E-state index is 12.9. The predicted molar refractivity (Wildman–Crippen MR) is 121 cm³/mol. The lowest BCUT2D eigenvalue weighted by Gasteiger charge is -2.12. The molecule has 0 saturated heterocycles. The molecule has 0 radical (unpaired) electrons. The summed E-state index contributed by atoms with van der Waals surface area (Å²) in [6.45, 7) is 2.47. The SMILES string of the molecule is COc1cc(OC)c(OC)cc1/C=C1\Oc2cc(OCc3ccc(C)cc3)ccc2C1=O. The molecule has 0 atom stereocenters. The van der Waals surface area contributed by atoms with E-state index in [1.807, 2.05) is 31.2 Å². The van der Waals surface area contributed by atoms with Gasteiger partial charge in [0.05, 0.1) is 26.9 Å². The zero-order chi connectivity index (χ0) is 22.7. The van der Waals surface area contributed by atoms with E-state index in [1.165, 1.54) is 5.56 Å². The van der Waals surface area contributed by atoms with Gasteiger partial charge in [-0.1, -0.05) is 29.8 Å². The number of ether oxygens (including phenoxy) is 5. The van der Waals surface area contributed by atoms with Crippen LogP contribution in [0.3, 0.4) is 0 Å². The molecule has 0 saturated carbocycles. The molecular formula is C26H24O6. The highest BCUT2D eigenvalue weighted by Crippen LogP contribution is 2.39. The molecule has 6 heteroatoms. The monoisotopic (exact) mass is 432 g/mol. The van der Waals surface area contributed by atoms with Gasteiger partial charge in [-0.25, -0.2) is 0 Å². The van der Waals surface area contributed by atoms with E-state index in [-0.39, 0.29) is 11.5 Å². The van der Waals surface area contributed by atoms with E-state index in [0.29, 0.717) is 46.5 Å². The van der Waals surface area contributed by atoms with Gasteiger partial charge in [0.2, 0.25) is 5.78 Å². The second-order valence-electron chi connectivity index (χ2n) is 7.32. The standard InChI is InChI=1S/C26H24O6/c1-16-5-7-17(8-6-16)15-31-19-9-10-20-22(13-19)32-25(26(20)27)12-18-11-23(29-3)24(30-4)14-21(18)28-2/h5-14H,15H2,1-4H3/b25-12-. The molecule has 0 N–H and O–H groups in total. The average molecular weight is 432 g/mol. The molecule has 0 aromatic heterocycles. The van der Waals surface area contributed by atoms with Gasteiger partial charge in [0.15, 0.2) is 17.3 Å². The Morgan fingerprint density at radius 3 is 2.22 bits per heavy atom.